The number of benzene rings is 2. The number of nitro groups is 2. The summed E-state index contributed by atoms with van der Waals surface area (Å²) in [6.07, 6.45) is 1.30. The van der Waals surface area contributed by atoms with Gasteiger partial charge in [-0.2, -0.15) is 10.4 Å². The average Bonchev–Trinajstić information content (AvgIpc) is 2.87. The van der Waals surface area contributed by atoms with Gasteiger partial charge in [0.25, 0.3) is 11.6 Å². The predicted octanol–water partition coefficient (Wildman–Crippen LogP) is 3.55. The second-order valence-corrected chi connectivity index (χ2v) is 7.57. The number of carbonyl (C=O) groups is 1. The Balaban J connectivity index is 1.64. The molecule has 0 bridgehead atoms. The topological polar surface area (TPSA) is 192 Å². The number of nitrogens with one attached hydrogen (secondary N) is 1. The third-order valence-corrected chi connectivity index (χ3v) is 4.79. The number of pyridine rings is 1. The number of hydrazone groups is 1. The molecule has 1 aromatic heterocycles. The van der Waals surface area contributed by atoms with Gasteiger partial charge in [-0.15, -0.1) is 0 Å². The number of rotatable bonds is 11. The zero-order valence-electron chi connectivity index (χ0n) is 20.1. The van der Waals surface area contributed by atoms with Crippen LogP contribution in [-0.2, 0) is 16.1 Å². The molecular weight excluding hydrogens is 500 g/mol. The standard InChI is InChI=1S/C24H20N6O8/c1-15-8-17(13-36-2)20(11-25)24(27-15)37-14-23(31)28-26-12-16-4-3-5-19(9-16)38-22-7-6-18(29(32)33)10-21(22)30(34)35/h3-10,12H,13-14H2,1-2H3,(H,28,31)/b26-12-. The lowest BCUT2D eigenvalue weighted by molar-refractivity contribution is -0.394. The summed E-state index contributed by atoms with van der Waals surface area (Å²) in [5.74, 6) is -0.600. The van der Waals surface area contributed by atoms with Gasteiger partial charge in [-0.25, -0.2) is 10.4 Å². The fourth-order valence-electron chi connectivity index (χ4n) is 3.18. The van der Waals surface area contributed by atoms with Crippen molar-refractivity contribution in [2.75, 3.05) is 13.7 Å². The van der Waals surface area contributed by atoms with Crippen LogP contribution in [0.5, 0.6) is 17.4 Å². The van der Waals surface area contributed by atoms with Crippen molar-refractivity contribution >= 4 is 23.5 Å². The molecule has 2 aromatic carbocycles. The summed E-state index contributed by atoms with van der Waals surface area (Å²) in [6, 6.07) is 13.0. The molecule has 14 nitrogen and oxygen atoms in total. The quantitative estimate of drug-likeness (QED) is 0.222. The number of ether oxygens (including phenoxy) is 3. The Labute approximate surface area is 215 Å². The first kappa shape index (κ1) is 27.2. The van der Waals surface area contributed by atoms with Gasteiger partial charge in [-0.1, -0.05) is 12.1 Å². The fourth-order valence-corrected chi connectivity index (χ4v) is 3.18. The lowest BCUT2D eigenvalue weighted by Crippen LogP contribution is -2.25. The molecule has 14 heteroatoms. The number of amides is 1. The van der Waals surface area contributed by atoms with Crippen molar-refractivity contribution in [2.24, 2.45) is 5.10 Å². The van der Waals surface area contributed by atoms with Gasteiger partial charge in [0.15, 0.2) is 6.61 Å². The van der Waals surface area contributed by atoms with E-state index in [1.165, 1.54) is 25.5 Å². The van der Waals surface area contributed by atoms with Crippen LogP contribution in [0, 0.1) is 38.5 Å². The first-order valence-corrected chi connectivity index (χ1v) is 10.8. The van der Waals surface area contributed by atoms with Gasteiger partial charge in [-0.3, -0.25) is 25.0 Å². The maximum atomic E-state index is 12.2. The summed E-state index contributed by atoms with van der Waals surface area (Å²) in [5, 5.41) is 35.5. The van der Waals surface area contributed by atoms with Gasteiger partial charge in [0.05, 0.1) is 28.7 Å². The van der Waals surface area contributed by atoms with E-state index in [9.17, 15) is 30.3 Å². The molecule has 0 unspecified atom stereocenters. The molecule has 0 fully saturated rings. The Morgan fingerprint density at radius 1 is 1.18 bits per heavy atom. The molecule has 0 aliphatic heterocycles. The van der Waals surface area contributed by atoms with E-state index in [4.69, 9.17) is 14.2 Å². The highest BCUT2D eigenvalue weighted by molar-refractivity contribution is 5.83. The van der Waals surface area contributed by atoms with Gasteiger partial charge >= 0.3 is 5.69 Å². The van der Waals surface area contributed by atoms with E-state index < -0.39 is 33.7 Å². The Bertz CT molecular complexity index is 1450. The number of aromatic nitrogens is 1. The normalized spacial score (nSPS) is 10.6. The number of non-ortho nitro benzene ring substituents is 1. The Morgan fingerprint density at radius 2 is 1.97 bits per heavy atom. The predicted molar refractivity (Wildman–Crippen MR) is 132 cm³/mol. The minimum atomic E-state index is -0.782. The van der Waals surface area contributed by atoms with Crippen molar-refractivity contribution in [3.63, 3.8) is 0 Å². The van der Waals surface area contributed by atoms with Crippen LogP contribution in [0.4, 0.5) is 11.4 Å². The maximum Gasteiger partial charge on any atom is 0.318 e. The molecule has 3 aromatic rings. The first-order valence-electron chi connectivity index (χ1n) is 10.8. The Hall–Kier alpha value is -5.42. The van der Waals surface area contributed by atoms with Gasteiger partial charge in [-0.05, 0) is 36.8 Å². The SMILES string of the molecule is COCc1cc(C)nc(OCC(=O)N/N=C\c2cccc(Oc3ccc([N+](=O)[O-])cc3[N+](=O)[O-])c2)c1C#N. The van der Waals surface area contributed by atoms with E-state index in [0.717, 1.165) is 18.2 Å². The van der Waals surface area contributed by atoms with Crippen LogP contribution in [0.2, 0.25) is 0 Å². The van der Waals surface area contributed by atoms with E-state index in [1.807, 2.05) is 6.07 Å². The zero-order valence-corrected chi connectivity index (χ0v) is 20.1. The molecule has 3 rings (SSSR count). The number of nitriles is 1. The van der Waals surface area contributed by atoms with Crippen LogP contribution >= 0.6 is 0 Å². The van der Waals surface area contributed by atoms with Crippen molar-refractivity contribution < 1.29 is 28.9 Å². The maximum absolute atomic E-state index is 12.2. The first-order chi connectivity index (χ1) is 18.2. The molecule has 0 aliphatic carbocycles. The van der Waals surface area contributed by atoms with Gasteiger partial charge < -0.3 is 14.2 Å². The Kier molecular flexibility index (Phi) is 8.95. The highest BCUT2D eigenvalue weighted by atomic mass is 16.6. The molecule has 38 heavy (non-hydrogen) atoms. The molecule has 0 aliphatic rings. The number of nitrogens with zero attached hydrogens (tertiary/aromatic N) is 5. The van der Waals surface area contributed by atoms with E-state index in [1.54, 1.807) is 25.1 Å². The van der Waals surface area contributed by atoms with E-state index >= 15 is 0 Å². The Morgan fingerprint density at radius 3 is 2.66 bits per heavy atom. The second-order valence-electron chi connectivity index (χ2n) is 7.57. The molecule has 194 valence electrons. The number of methoxy groups -OCH3 is 1. The number of carbonyl (C=O) groups excluding carboxylic acids is 1. The monoisotopic (exact) mass is 520 g/mol. The third-order valence-electron chi connectivity index (χ3n) is 4.79. The van der Waals surface area contributed by atoms with Crippen molar-refractivity contribution in [3.8, 4) is 23.4 Å². The number of aryl methyl sites for hydroxylation is 1. The summed E-state index contributed by atoms with van der Waals surface area (Å²) in [7, 11) is 1.49. The highest BCUT2D eigenvalue weighted by Crippen LogP contribution is 2.34. The molecule has 0 saturated carbocycles. The van der Waals surface area contributed by atoms with Crippen molar-refractivity contribution in [3.05, 3.63) is 91.1 Å². The van der Waals surface area contributed by atoms with Crippen molar-refractivity contribution in [1.82, 2.24) is 10.4 Å². The minimum Gasteiger partial charge on any atom is -0.467 e. The van der Waals surface area contributed by atoms with Crippen LogP contribution in [-0.4, -0.2) is 40.7 Å². The molecule has 0 radical (unpaired) electrons. The molecule has 0 spiro atoms. The number of hydrogen-bond acceptors (Lipinski definition) is 11. The minimum absolute atomic E-state index is 0.00358. The van der Waals surface area contributed by atoms with Crippen LogP contribution in [0.1, 0.15) is 22.4 Å². The summed E-state index contributed by atoms with van der Waals surface area (Å²) in [6.45, 7) is 1.44. The largest absolute Gasteiger partial charge is 0.467 e. The molecule has 0 atom stereocenters. The molecule has 0 saturated heterocycles. The van der Waals surface area contributed by atoms with Crippen molar-refractivity contribution in [1.29, 1.82) is 5.26 Å². The summed E-state index contributed by atoms with van der Waals surface area (Å²) in [4.78, 5) is 37.0. The smallest absolute Gasteiger partial charge is 0.318 e. The molecular formula is C24H20N6O8. The lowest BCUT2D eigenvalue weighted by atomic mass is 10.1. The highest BCUT2D eigenvalue weighted by Gasteiger charge is 2.21. The van der Waals surface area contributed by atoms with Crippen LogP contribution in [0.25, 0.3) is 0 Å². The molecule has 1 heterocycles. The van der Waals surface area contributed by atoms with Crippen LogP contribution in [0.15, 0.2) is 53.6 Å². The summed E-state index contributed by atoms with van der Waals surface area (Å²) in [5.41, 5.74) is 3.08. The van der Waals surface area contributed by atoms with E-state index in [0.29, 0.717) is 16.8 Å². The van der Waals surface area contributed by atoms with Gasteiger partial charge in [0.2, 0.25) is 11.6 Å². The fraction of sp³-hybridized carbons (Fsp3) is 0.167. The van der Waals surface area contributed by atoms with E-state index in [-0.39, 0.29) is 29.5 Å². The molecule has 1 amide bonds. The average molecular weight is 520 g/mol. The summed E-state index contributed by atoms with van der Waals surface area (Å²) >= 11 is 0. The second kappa shape index (κ2) is 12.5. The van der Waals surface area contributed by atoms with Crippen molar-refractivity contribution in [2.45, 2.75) is 13.5 Å². The molecule has 1 N–H and O–H groups in total. The number of nitro benzene ring substituents is 2. The van der Waals surface area contributed by atoms with Crippen LogP contribution < -0.4 is 14.9 Å². The zero-order chi connectivity index (χ0) is 27.7. The number of hydrogen-bond donors (Lipinski definition) is 1. The van der Waals surface area contributed by atoms with E-state index in [2.05, 4.69) is 15.5 Å². The third kappa shape index (κ3) is 7.06. The van der Waals surface area contributed by atoms with Gasteiger partial charge in [0.1, 0.15) is 17.4 Å². The summed E-state index contributed by atoms with van der Waals surface area (Å²) < 4.78 is 16.0. The lowest BCUT2D eigenvalue weighted by Gasteiger charge is -2.10. The van der Waals surface area contributed by atoms with Crippen LogP contribution in [0.3, 0.4) is 0 Å². The van der Waals surface area contributed by atoms with Gasteiger partial charge in [0, 0.05) is 24.4 Å².